The van der Waals surface area contributed by atoms with Crippen molar-refractivity contribution in [2.24, 2.45) is 0 Å². The number of fused-ring (bicyclic) bond motifs is 1. The molecule has 26 heavy (non-hydrogen) atoms. The van der Waals surface area contributed by atoms with Crippen LogP contribution in [0.3, 0.4) is 0 Å². The molecule has 1 aromatic carbocycles. The van der Waals surface area contributed by atoms with Crippen LogP contribution in [0.25, 0.3) is 0 Å². The second-order valence-electron chi connectivity index (χ2n) is 6.70. The number of hydrogen-bond donors (Lipinski definition) is 0. The zero-order chi connectivity index (χ0) is 18.9. The van der Waals surface area contributed by atoms with Gasteiger partial charge in [0.2, 0.25) is 5.91 Å². The maximum Gasteiger partial charge on any atom is 0.261 e. The lowest BCUT2D eigenvalue weighted by molar-refractivity contribution is -0.133. The van der Waals surface area contributed by atoms with Crippen molar-refractivity contribution in [3.8, 4) is 0 Å². The van der Waals surface area contributed by atoms with Crippen LogP contribution in [-0.2, 0) is 14.6 Å². The van der Waals surface area contributed by atoms with Gasteiger partial charge in [-0.15, -0.1) is 0 Å². The summed E-state index contributed by atoms with van der Waals surface area (Å²) in [5.41, 5.74) is 0.717. The molecule has 1 fully saturated rings. The van der Waals surface area contributed by atoms with Crippen molar-refractivity contribution in [1.29, 1.82) is 0 Å². The molecule has 140 valence electrons. The van der Waals surface area contributed by atoms with Gasteiger partial charge in [-0.3, -0.25) is 19.3 Å². The normalized spacial score (nSPS) is 21.1. The smallest absolute Gasteiger partial charge is 0.261 e. The predicted molar refractivity (Wildman–Crippen MR) is 95.5 cm³/mol. The first-order valence-corrected chi connectivity index (χ1v) is 10.6. The van der Waals surface area contributed by atoms with Gasteiger partial charge in [-0.2, -0.15) is 0 Å². The second-order valence-corrected chi connectivity index (χ2v) is 8.93. The molecule has 0 aromatic heterocycles. The van der Waals surface area contributed by atoms with Crippen molar-refractivity contribution < 1.29 is 22.8 Å². The number of amides is 3. The Hall–Kier alpha value is -2.22. The first-order valence-electron chi connectivity index (χ1n) is 8.79. The predicted octanol–water partition coefficient (Wildman–Crippen LogP) is 1.10. The van der Waals surface area contributed by atoms with E-state index in [1.165, 1.54) is 0 Å². The Bertz CT molecular complexity index is 814. The molecule has 1 saturated heterocycles. The number of imide groups is 1. The molecule has 1 aromatic rings. The van der Waals surface area contributed by atoms with Crippen molar-refractivity contribution in [1.82, 2.24) is 9.80 Å². The Balaban J connectivity index is 1.66. The van der Waals surface area contributed by atoms with Crippen LogP contribution in [-0.4, -0.2) is 66.6 Å². The molecule has 1 atom stereocenters. The van der Waals surface area contributed by atoms with E-state index in [4.69, 9.17) is 0 Å². The monoisotopic (exact) mass is 378 g/mol. The van der Waals surface area contributed by atoms with E-state index in [1.54, 1.807) is 29.2 Å². The largest absolute Gasteiger partial charge is 0.339 e. The minimum Gasteiger partial charge on any atom is -0.339 e. The Kier molecular flexibility index (Phi) is 5.13. The van der Waals surface area contributed by atoms with Crippen molar-refractivity contribution in [2.45, 2.75) is 32.2 Å². The summed E-state index contributed by atoms with van der Waals surface area (Å²) < 4.78 is 23.4. The van der Waals surface area contributed by atoms with Crippen LogP contribution in [0.1, 0.15) is 46.9 Å². The van der Waals surface area contributed by atoms with Crippen LogP contribution < -0.4 is 0 Å². The Morgan fingerprint density at radius 1 is 1.19 bits per heavy atom. The molecule has 7 nitrogen and oxygen atoms in total. The summed E-state index contributed by atoms with van der Waals surface area (Å²) in [7, 11) is -3.09. The van der Waals surface area contributed by atoms with Gasteiger partial charge in [0, 0.05) is 25.6 Å². The van der Waals surface area contributed by atoms with Crippen LogP contribution in [0.4, 0.5) is 0 Å². The molecule has 0 spiro atoms. The molecule has 8 heteroatoms. The molecular formula is C18H22N2O5S. The van der Waals surface area contributed by atoms with Gasteiger partial charge in [-0.1, -0.05) is 19.1 Å². The minimum absolute atomic E-state index is 0.00200. The topological polar surface area (TPSA) is 91.8 Å². The highest BCUT2D eigenvalue weighted by Gasteiger charge is 2.37. The van der Waals surface area contributed by atoms with Crippen LogP contribution in [0.15, 0.2) is 24.3 Å². The van der Waals surface area contributed by atoms with Crippen molar-refractivity contribution >= 4 is 27.6 Å². The second kappa shape index (κ2) is 7.19. The highest BCUT2D eigenvalue weighted by atomic mass is 32.2. The first-order chi connectivity index (χ1) is 12.3. The highest BCUT2D eigenvalue weighted by Crippen LogP contribution is 2.23. The van der Waals surface area contributed by atoms with Crippen LogP contribution in [0.5, 0.6) is 0 Å². The lowest BCUT2D eigenvalue weighted by Gasteiger charge is -2.28. The quantitative estimate of drug-likeness (QED) is 0.691. The van der Waals surface area contributed by atoms with Crippen LogP contribution >= 0.6 is 0 Å². The molecule has 0 N–H and O–H groups in total. The molecule has 0 aliphatic carbocycles. The number of carbonyl (C=O) groups is 3. The summed E-state index contributed by atoms with van der Waals surface area (Å²) in [6.45, 7) is 2.40. The number of nitrogens with zero attached hydrogens (tertiary/aromatic N) is 2. The number of carbonyl (C=O) groups excluding carboxylic acids is 3. The summed E-state index contributed by atoms with van der Waals surface area (Å²) in [4.78, 5) is 40.1. The Labute approximate surface area is 152 Å². The maximum atomic E-state index is 12.7. The van der Waals surface area contributed by atoms with Gasteiger partial charge in [-0.25, -0.2) is 8.42 Å². The number of benzene rings is 1. The van der Waals surface area contributed by atoms with E-state index in [-0.39, 0.29) is 48.2 Å². The van der Waals surface area contributed by atoms with Gasteiger partial charge in [0.05, 0.1) is 22.6 Å². The summed E-state index contributed by atoms with van der Waals surface area (Å²) >= 11 is 0. The molecular weight excluding hydrogens is 356 g/mol. The van der Waals surface area contributed by atoms with Crippen molar-refractivity contribution in [2.75, 3.05) is 24.6 Å². The zero-order valence-corrected chi connectivity index (χ0v) is 15.5. The maximum absolute atomic E-state index is 12.7. The number of rotatable bonds is 6. The number of sulfone groups is 1. The third-order valence-corrected chi connectivity index (χ3v) is 6.61. The SMILES string of the molecule is CCCN(C(=O)CCN1C(=O)c2ccccc2C1=O)[C@H]1CCS(=O)(=O)C1. The third kappa shape index (κ3) is 3.51. The van der Waals surface area contributed by atoms with E-state index in [0.717, 1.165) is 11.3 Å². The van der Waals surface area contributed by atoms with Gasteiger partial charge in [0.1, 0.15) is 0 Å². The van der Waals surface area contributed by atoms with Crippen LogP contribution in [0.2, 0.25) is 0 Å². The molecule has 0 radical (unpaired) electrons. The Morgan fingerprint density at radius 2 is 1.81 bits per heavy atom. The molecule has 3 amide bonds. The Morgan fingerprint density at radius 3 is 2.31 bits per heavy atom. The van der Waals surface area contributed by atoms with E-state index < -0.39 is 9.84 Å². The highest BCUT2D eigenvalue weighted by molar-refractivity contribution is 7.91. The molecule has 0 bridgehead atoms. The van der Waals surface area contributed by atoms with Crippen LogP contribution in [0, 0.1) is 0 Å². The van der Waals surface area contributed by atoms with Gasteiger partial charge < -0.3 is 4.90 Å². The summed E-state index contributed by atoms with van der Waals surface area (Å²) in [6, 6.07) is 6.29. The van der Waals surface area contributed by atoms with Gasteiger partial charge in [0.25, 0.3) is 11.8 Å². The van der Waals surface area contributed by atoms with E-state index in [1.807, 2.05) is 6.92 Å². The van der Waals surface area contributed by atoms with Gasteiger partial charge in [-0.05, 0) is 25.0 Å². The lowest BCUT2D eigenvalue weighted by Crippen LogP contribution is -2.43. The van der Waals surface area contributed by atoms with E-state index in [9.17, 15) is 22.8 Å². The average molecular weight is 378 g/mol. The average Bonchev–Trinajstić information content (AvgIpc) is 3.09. The summed E-state index contributed by atoms with van der Waals surface area (Å²) in [5, 5.41) is 0. The van der Waals surface area contributed by atoms with E-state index in [2.05, 4.69) is 0 Å². The fraction of sp³-hybridized carbons (Fsp3) is 0.500. The minimum atomic E-state index is -3.09. The molecule has 0 unspecified atom stereocenters. The first kappa shape index (κ1) is 18.6. The molecule has 3 rings (SSSR count). The van der Waals surface area contributed by atoms with E-state index in [0.29, 0.717) is 24.1 Å². The molecule has 2 aliphatic rings. The summed E-state index contributed by atoms with van der Waals surface area (Å²) in [6.07, 6.45) is 1.17. The van der Waals surface area contributed by atoms with Crippen molar-refractivity contribution in [3.05, 3.63) is 35.4 Å². The molecule has 0 saturated carbocycles. The fourth-order valence-electron chi connectivity index (χ4n) is 3.57. The van der Waals surface area contributed by atoms with Gasteiger partial charge in [0.15, 0.2) is 9.84 Å². The number of hydrogen-bond acceptors (Lipinski definition) is 5. The fourth-order valence-corrected chi connectivity index (χ4v) is 5.30. The van der Waals surface area contributed by atoms with Gasteiger partial charge >= 0.3 is 0 Å². The molecule has 2 heterocycles. The molecule has 2 aliphatic heterocycles. The summed E-state index contributed by atoms with van der Waals surface area (Å²) in [5.74, 6) is -0.895. The lowest BCUT2D eigenvalue weighted by atomic mass is 10.1. The van der Waals surface area contributed by atoms with E-state index >= 15 is 0 Å². The van der Waals surface area contributed by atoms with Crippen molar-refractivity contribution in [3.63, 3.8) is 0 Å². The third-order valence-electron chi connectivity index (χ3n) is 4.86. The standard InChI is InChI=1S/C18H22N2O5S/c1-2-9-19(13-8-11-26(24,25)12-13)16(21)7-10-20-17(22)14-5-3-4-6-15(14)18(20)23/h3-6,13H,2,7-12H2,1H3/t13-/m0/s1. The zero-order valence-electron chi connectivity index (χ0n) is 14.7.